The van der Waals surface area contributed by atoms with E-state index in [9.17, 15) is 0 Å². The molecule has 0 aromatic rings. The van der Waals surface area contributed by atoms with E-state index in [2.05, 4.69) is 36.1 Å². The van der Waals surface area contributed by atoms with Gasteiger partial charge >= 0.3 is 11.9 Å². The molecule has 1 heterocycles. The van der Waals surface area contributed by atoms with E-state index in [0.717, 1.165) is 19.6 Å². The first-order chi connectivity index (χ1) is 7.02. The van der Waals surface area contributed by atoms with Crippen LogP contribution in [0.1, 0.15) is 13.8 Å². The summed E-state index contributed by atoms with van der Waals surface area (Å²) < 4.78 is 0. The average Bonchev–Trinajstić information content (AvgIpc) is 2.65. The molecule has 0 amide bonds. The first-order valence-corrected chi connectivity index (χ1v) is 4.67. The van der Waals surface area contributed by atoms with E-state index < -0.39 is 11.9 Å². The van der Waals surface area contributed by atoms with Crippen molar-refractivity contribution < 1.29 is 19.8 Å². The van der Waals surface area contributed by atoms with Crippen LogP contribution in [0.15, 0.2) is 12.3 Å². The molecular weight excluding hydrogens is 200 g/mol. The molecule has 0 spiro atoms. The highest BCUT2D eigenvalue weighted by molar-refractivity contribution is 6.27. The summed E-state index contributed by atoms with van der Waals surface area (Å²) in [7, 11) is 0. The summed E-state index contributed by atoms with van der Waals surface area (Å²) in [4.78, 5) is 18.2. The normalized spacial score (nSPS) is 14.7. The number of rotatable bonds is 2. The molecular formula is C9H16N2O4. The molecule has 0 unspecified atom stereocenters. The van der Waals surface area contributed by atoms with Crippen LogP contribution in [-0.2, 0) is 9.59 Å². The Labute approximate surface area is 88.4 Å². The Morgan fingerprint density at radius 2 is 1.73 bits per heavy atom. The van der Waals surface area contributed by atoms with Crippen LogP contribution in [0.4, 0.5) is 0 Å². The predicted molar refractivity (Wildman–Crippen MR) is 54.0 cm³/mol. The number of likely N-dealkylation sites (N-methyl/N-ethyl adjacent to an activating group) is 1. The third-order valence-corrected chi connectivity index (χ3v) is 1.83. The van der Waals surface area contributed by atoms with Crippen molar-refractivity contribution in [1.82, 2.24) is 10.0 Å². The van der Waals surface area contributed by atoms with E-state index in [1.165, 1.54) is 0 Å². The summed E-state index contributed by atoms with van der Waals surface area (Å²) in [6, 6.07) is 0. The van der Waals surface area contributed by atoms with Gasteiger partial charge in [-0.3, -0.25) is 0 Å². The Balaban J connectivity index is 0.000000288. The largest absolute Gasteiger partial charge is 0.473 e. The molecule has 0 aromatic heterocycles. The molecule has 6 heteroatoms. The third kappa shape index (κ3) is 5.02. The van der Waals surface area contributed by atoms with Gasteiger partial charge in [-0.1, -0.05) is 13.0 Å². The number of carboxylic acid groups (broad SMARTS) is 2. The van der Waals surface area contributed by atoms with Crippen LogP contribution < -0.4 is 0 Å². The minimum atomic E-state index is -1.82. The predicted octanol–water partition coefficient (Wildman–Crippen LogP) is 0.228. The van der Waals surface area contributed by atoms with Gasteiger partial charge in [0.2, 0.25) is 0 Å². The number of carbonyl (C=O) groups is 2. The van der Waals surface area contributed by atoms with Gasteiger partial charge in [0.25, 0.3) is 0 Å². The van der Waals surface area contributed by atoms with E-state index in [4.69, 9.17) is 19.8 Å². The molecule has 0 radical (unpaired) electrons. The van der Waals surface area contributed by atoms with E-state index in [1.807, 2.05) is 0 Å². The molecule has 1 rings (SSSR count). The SMILES string of the molecule is CCN1C=CCN1CC.O=C(O)C(=O)O. The van der Waals surface area contributed by atoms with Gasteiger partial charge in [0, 0.05) is 25.8 Å². The van der Waals surface area contributed by atoms with Crippen molar-refractivity contribution in [1.29, 1.82) is 0 Å². The zero-order valence-corrected chi connectivity index (χ0v) is 8.88. The van der Waals surface area contributed by atoms with Crippen LogP contribution >= 0.6 is 0 Å². The summed E-state index contributed by atoms with van der Waals surface area (Å²) in [6.07, 6.45) is 4.33. The number of carboxylic acids is 2. The van der Waals surface area contributed by atoms with Gasteiger partial charge in [0.1, 0.15) is 0 Å². The molecule has 0 bridgehead atoms. The molecule has 0 aliphatic carbocycles. The lowest BCUT2D eigenvalue weighted by molar-refractivity contribution is -0.159. The van der Waals surface area contributed by atoms with Crippen molar-refractivity contribution in [2.75, 3.05) is 19.6 Å². The first-order valence-electron chi connectivity index (χ1n) is 4.67. The van der Waals surface area contributed by atoms with E-state index in [-0.39, 0.29) is 0 Å². The average molecular weight is 216 g/mol. The number of hydrogen-bond donors (Lipinski definition) is 2. The van der Waals surface area contributed by atoms with Gasteiger partial charge in [0.15, 0.2) is 0 Å². The smallest absolute Gasteiger partial charge is 0.414 e. The lowest BCUT2D eigenvalue weighted by Gasteiger charge is -2.26. The van der Waals surface area contributed by atoms with Crippen LogP contribution in [0.2, 0.25) is 0 Å². The lowest BCUT2D eigenvalue weighted by atomic mass is 10.6. The second-order valence-electron chi connectivity index (χ2n) is 2.76. The van der Waals surface area contributed by atoms with Gasteiger partial charge in [-0.25, -0.2) is 14.6 Å². The van der Waals surface area contributed by atoms with E-state index >= 15 is 0 Å². The molecule has 86 valence electrons. The molecule has 0 saturated heterocycles. The highest BCUT2D eigenvalue weighted by atomic mass is 16.4. The summed E-state index contributed by atoms with van der Waals surface area (Å²) >= 11 is 0. The molecule has 6 nitrogen and oxygen atoms in total. The summed E-state index contributed by atoms with van der Waals surface area (Å²) in [5.74, 6) is -3.65. The van der Waals surface area contributed by atoms with Crippen molar-refractivity contribution in [2.45, 2.75) is 13.8 Å². The Morgan fingerprint density at radius 3 is 2.00 bits per heavy atom. The summed E-state index contributed by atoms with van der Waals surface area (Å²) in [5, 5.41) is 19.3. The minimum absolute atomic E-state index is 1.09. The van der Waals surface area contributed by atoms with Crippen LogP contribution in [0.5, 0.6) is 0 Å². The minimum Gasteiger partial charge on any atom is -0.473 e. The summed E-state index contributed by atoms with van der Waals surface area (Å²) in [5.41, 5.74) is 0. The number of nitrogens with zero attached hydrogens (tertiary/aromatic N) is 2. The fraction of sp³-hybridized carbons (Fsp3) is 0.556. The van der Waals surface area contributed by atoms with Gasteiger partial charge in [-0.15, -0.1) is 0 Å². The second-order valence-corrected chi connectivity index (χ2v) is 2.76. The maximum absolute atomic E-state index is 9.10. The fourth-order valence-electron chi connectivity index (χ4n) is 1.11. The van der Waals surface area contributed by atoms with Gasteiger partial charge < -0.3 is 15.2 Å². The molecule has 1 aliphatic heterocycles. The highest BCUT2D eigenvalue weighted by Crippen LogP contribution is 2.04. The van der Waals surface area contributed by atoms with Crippen molar-refractivity contribution in [2.24, 2.45) is 0 Å². The fourth-order valence-corrected chi connectivity index (χ4v) is 1.11. The second kappa shape index (κ2) is 6.83. The maximum Gasteiger partial charge on any atom is 0.414 e. The zero-order valence-electron chi connectivity index (χ0n) is 8.88. The van der Waals surface area contributed by atoms with Crippen molar-refractivity contribution in [3.63, 3.8) is 0 Å². The third-order valence-electron chi connectivity index (χ3n) is 1.83. The first kappa shape index (κ1) is 13.4. The van der Waals surface area contributed by atoms with Crippen molar-refractivity contribution in [3.8, 4) is 0 Å². The Kier molecular flexibility index (Phi) is 6.12. The zero-order chi connectivity index (χ0) is 11.8. The standard InChI is InChI=1S/C7H14N2.C2H2O4/c1-3-8-6-5-7-9(8)4-2;3-1(4)2(5)6/h5-6H,3-4,7H2,1-2H3;(H,3,4)(H,5,6). The maximum atomic E-state index is 9.10. The van der Waals surface area contributed by atoms with Gasteiger partial charge in [-0.2, -0.15) is 0 Å². The van der Waals surface area contributed by atoms with Crippen molar-refractivity contribution >= 4 is 11.9 Å². The summed E-state index contributed by atoms with van der Waals surface area (Å²) in [6.45, 7) is 7.63. The molecule has 0 aromatic carbocycles. The van der Waals surface area contributed by atoms with Gasteiger partial charge in [0.05, 0.1) is 0 Å². The molecule has 0 atom stereocenters. The number of hydrogen-bond acceptors (Lipinski definition) is 4. The Hall–Kier alpha value is -1.56. The van der Waals surface area contributed by atoms with Crippen LogP contribution in [0.25, 0.3) is 0 Å². The van der Waals surface area contributed by atoms with Crippen LogP contribution in [0, 0.1) is 0 Å². The molecule has 1 aliphatic rings. The van der Waals surface area contributed by atoms with Crippen LogP contribution in [0.3, 0.4) is 0 Å². The highest BCUT2D eigenvalue weighted by Gasteiger charge is 2.10. The monoisotopic (exact) mass is 216 g/mol. The van der Waals surface area contributed by atoms with Crippen molar-refractivity contribution in [3.05, 3.63) is 12.3 Å². The number of aliphatic carboxylic acids is 2. The Morgan fingerprint density at radius 1 is 1.20 bits per heavy atom. The topological polar surface area (TPSA) is 81.1 Å². The van der Waals surface area contributed by atoms with E-state index in [1.54, 1.807) is 0 Å². The number of hydrazine groups is 1. The van der Waals surface area contributed by atoms with Gasteiger partial charge in [-0.05, 0) is 6.92 Å². The van der Waals surface area contributed by atoms with Crippen LogP contribution in [-0.4, -0.2) is 51.8 Å². The molecule has 2 N–H and O–H groups in total. The molecule has 15 heavy (non-hydrogen) atoms. The lowest BCUT2D eigenvalue weighted by Crippen LogP contribution is -2.34. The molecule has 0 saturated carbocycles. The quantitative estimate of drug-likeness (QED) is 0.643. The Bertz CT molecular complexity index is 240. The molecule has 0 fully saturated rings. The van der Waals surface area contributed by atoms with E-state index in [0.29, 0.717) is 0 Å².